The zero-order valence-electron chi connectivity index (χ0n) is 14.5. The summed E-state index contributed by atoms with van der Waals surface area (Å²) in [5.74, 6) is 0.417. The van der Waals surface area contributed by atoms with Gasteiger partial charge in [-0.3, -0.25) is 9.78 Å². The van der Waals surface area contributed by atoms with Gasteiger partial charge < -0.3 is 10.6 Å². The third-order valence-corrected chi connectivity index (χ3v) is 5.21. The monoisotopic (exact) mass is 341 g/mol. The largest absolute Gasteiger partial charge is 0.351 e. The number of aromatic nitrogens is 5. The summed E-state index contributed by atoms with van der Waals surface area (Å²) < 4.78 is 1.76. The maximum atomic E-state index is 12.8. The second kappa shape index (κ2) is 6.87. The molecule has 2 aromatic heterocycles. The molecule has 0 aromatic carbocycles. The highest BCUT2D eigenvalue weighted by molar-refractivity contribution is 5.82. The van der Waals surface area contributed by atoms with Crippen molar-refractivity contribution in [2.75, 3.05) is 6.54 Å². The van der Waals surface area contributed by atoms with Gasteiger partial charge in [0, 0.05) is 31.5 Å². The van der Waals surface area contributed by atoms with E-state index in [9.17, 15) is 4.79 Å². The van der Waals surface area contributed by atoms with Gasteiger partial charge >= 0.3 is 0 Å². The van der Waals surface area contributed by atoms with E-state index in [1.807, 2.05) is 13.1 Å². The molecule has 2 N–H and O–H groups in total. The first-order valence-corrected chi connectivity index (χ1v) is 8.94. The van der Waals surface area contributed by atoms with Crippen LogP contribution in [0.25, 0.3) is 0 Å². The Kier molecular flexibility index (Phi) is 4.44. The van der Waals surface area contributed by atoms with Crippen LogP contribution in [-0.2, 0) is 30.8 Å². The number of carbonyl (C=O) groups is 1. The van der Waals surface area contributed by atoms with E-state index in [-0.39, 0.29) is 11.8 Å². The number of hydrogen-bond donors (Lipinski definition) is 2. The Bertz CT molecular complexity index is 785. The lowest BCUT2D eigenvalue weighted by Gasteiger charge is -2.22. The van der Waals surface area contributed by atoms with Crippen LogP contribution in [0.15, 0.2) is 6.20 Å². The van der Waals surface area contributed by atoms with Crippen LogP contribution in [0, 0.1) is 6.92 Å². The molecule has 1 atom stereocenters. The molecule has 2 aliphatic heterocycles. The summed E-state index contributed by atoms with van der Waals surface area (Å²) in [6, 6.07) is 0. The molecule has 8 heteroatoms. The average Bonchev–Trinajstić information content (AvgIpc) is 3.00. The molecule has 4 heterocycles. The number of fused-ring (bicyclic) bond motifs is 2. The van der Waals surface area contributed by atoms with Gasteiger partial charge in [-0.2, -0.15) is 0 Å². The smallest absolute Gasteiger partial charge is 0.231 e. The van der Waals surface area contributed by atoms with Gasteiger partial charge in [0.2, 0.25) is 5.91 Å². The van der Waals surface area contributed by atoms with Crippen molar-refractivity contribution < 1.29 is 4.79 Å². The van der Waals surface area contributed by atoms with Crippen molar-refractivity contribution in [2.45, 2.75) is 58.2 Å². The zero-order valence-corrected chi connectivity index (χ0v) is 14.5. The third kappa shape index (κ3) is 3.13. The number of pyridine rings is 1. The SMILES string of the molecule is Cc1ncc2c(c1CNC(=O)C1CCCCn3nnnc31)CCNC2. The molecule has 0 fully saturated rings. The van der Waals surface area contributed by atoms with E-state index < -0.39 is 0 Å². The molecule has 0 spiro atoms. The Morgan fingerprint density at radius 3 is 3.28 bits per heavy atom. The number of nitrogens with one attached hydrogen (secondary N) is 2. The van der Waals surface area contributed by atoms with E-state index in [0.29, 0.717) is 12.4 Å². The molecule has 0 saturated carbocycles. The minimum absolute atomic E-state index is 0.00360. The molecular weight excluding hydrogens is 318 g/mol. The van der Waals surface area contributed by atoms with Crippen LogP contribution >= 0.6 is 0 Å². The minimum atomic E-state index is -0.271. The fourth-order valence-electron chi connectivity index (χ4n) is 3.78. The van der Waals surface area contributed by atoms with Crippen LogP contribution in [0.2, 0.25) is 0 Å². The van der Waals surface area contributed by atoms with Crippen molar-refractivity contribution in [3.8, 4) is 0 Å². The van der Waals surface area contributed by atoms with Gasteiger partial charge in [0.25, 0.3) is 0 Å². The molecule has 0 saturated heterocycles. The maximum absolute atomic E-state index is 12.8. The van der Waals surface area contributed by atoms with Gasteiger partial charge in [-0.05, 0) is 59.8 Å². The summed E-state index contributed by atoms with van der Waals surface area (Å²) in [4.78, 5) is 17.3. The standard InChI is InChI=1S/C17H23N7O/c1-11-15(13-5-6-18-8-12(13)9-19-11)10-20-17(25)14-4-2-3-7-24-16(14)21-22-23-24/h9,14,18H,2-8,10H2,1H3,(H,20,25). The molecule has 1 amide bonds. The van der Waals surface area contributed by atoms with Crippen LogP contribution in [-0.4, -0.2) is 37.6 Å². The van der Waals surface area contributed by atoms with Gasteiger partial charge in [0.15, 0.2) is 5.82 Å². The lowest BCUT2D eigenvalue weighted by Crippen LogP contribution is -2.32. The van der Waals surface area contributed by atoms with Gasteiger partial charge in [0.1, 0.15) is 0 Å². The molecule has 25 heavy (non-hydrogen) atoms. The summed E-state index contributed by atoms with van der Waals surface area (Å²) in [5.41, 5.74) is 4.71. The molecule has 1 unspecified atom stereocenters. The highest BCUT2D eigenvalue weighted by atomic mass is 16.1. The number of tetrazole rings is 1. The summed E-state index contributed by atoms with van der Waals surface area (Å²) in [7, 11) is 0. The number of amides is 1. The highest BCUT2D eigenvalue weighted by Crippen LogP contribution is 2.25. The molecule has 0 bridgehead atoms. The van der Waals surface area contributed by atoms with Crippen LogP contribution in [0.5, 0.6) is 0 Å². The van der Waals surface area contributed by atoms with Crippen molar-refractivity contribution in [2.24, 2.45) is 0 Å². The highest BCUT2D eigenvalue weighted by Gasteiger charge is 2.28. The summed E-state index contributed by atoms with van der Waals surface area (Å²) >= 11 is 0. The van der Waals surface area contributed by atoms with E-state index >= 15 is 0 Å². The van der Waals surface area contributed by atoms with Crippen LogP contribution in [0.3, 0.4) is 0 Å². The maximum Gasteiger partial charge on any atom is 0.231 e. The van der Waals surface area contributed by atoms with Crippen molar-refractivity contribution in [1.82, 2.24) is 35.8 Å². The quantitative estimate of drug-likeness (QED) is 0.849. The summed E-state index contributed by atoms with van der Waals surface area (Å²) in [5, 5.41) is 18.3. The molecule has 0 aliphatic carbocycles. The van der Waals surface area contributed by atoms with Crippen molar-refractivity contribution >= 4 is 5.91 Å². The first-order chi connectivity index (χ1) is 12.2. The molecule has 2 aromatic rings. The fraction of sp³-hybridized carbons (Fsp3) is 0.588. The molecule has 0 radical (unpaired) electrons. The average molecular weight is 341 g/mol. The molecule has 132 valence electrons. The summed E-state index contributed by atoms with van der Waals surface area (Å²) in [6.45, 7) is 5.12. The zero-order chi connectivity index (χ0) is 17.2. The Labute approximate surface area is 146 Å². The molecule has 4 rings (SSSR count). The Hall–Kier alpha value is -2.35. The van der Waals surface area contributed by atoms with E-state index in [1.54, 1.807) is 4.68 Å². The molecule has 2 aliphatic rings. The predicted molar refractivity (Wildman–Crippen MR) is 90.6 cm³/mol. The lowest BCUT2D eigenvalue weighted by molar-refractivity contribution is -0.123. The van der Waals surface area contributed by atoms with E-state index in [0.717, 1.165) is 56.6 Å². The second-order valence-corrected chi connectivity index (χ2v) is 6.78. The number of carbonyl (C=O) groups excluding carboxylic acids is 1. The Balaban J connectivity index is 1.52. The lowest BCUT2D eigenvalue weighted by atomic mass is 9.95. The second-order valence-electron chi connectivity index (χ2n) is 6.78. The Morgan fingerprint density at radius 2 is 2.36 bits per heavy atom. The van der Waals surface area contributed by atoms with Crippen molar-refractivity contribution in [3.05, 3.63) is 34.4 Å². The Morgan fingerprint density at radius 1 is 1.44 bits per heavy atom. The van der Waals surface area contributed by atoms with Gasteiger partial charge in [-0.1, -0.05) is 6.42 Å². The normalized spacial score (nSPS) is 19.6. The topological polar surface area (TPSA) is 97.6 Å². The molecule has 8 nitrogen and oxygen atoms in total. The number of rotatable bonds is 3. The van der Waals surface area contributed by atoms with Crippen molar-refractivity contribution in [3.63, 3.8) is 0 Å². The van der Waals surface area contributed by atoms with E-state index in [4.69, 9.17) is 0 Å². The van der Waals surface area contributed by atoms with Gasteiger partial charge in [0.05, 0.1) is 5.92 Å². The fourth-order valence-corrected chi connectivity index (χ4v) is 3.78. The number of aryl methyl sites for hydroxylation is 2. The summed E-state index contributed by atoms with van der Waals surface area (Å²) in [6.07, 6.45) is 5.72. The van der Waals surface area contributed by atoms with Gasteiger partial charge in [-0.25, -0.2) is 4.68 Å². The first-order valence-electron chi connectivity index (χ1n) is 8.94. The van der Waals surface area contributed by atoms with Gasteiger partial charge in [-0.15, -0.1) is 5.10 Å². The molecular formula is C17H23N7O. The number of hydrogen-bond acceptors (Lipinski definition) is 6. The van der Waals surface area contributed by atoms with Crippen LogP contribution < -0.4 is 10.6 Å². The number of nitrogens with zero attached hydrogens (tertiary/aromatic N) is 5. The third-order valence-electron chi connectivity index (χ3n) is 5.21. The van der Waals surface area contributed by atoms with Crippen molar-refractivity contribution in [1.29, 1.82) is 0 Å². The van der Waals surface area contributed by atoms with Crippen LogP contribution in [0.1, 0.15) is 53.4 Å². The van der Waals surface area contributed by atoms with E-state index in [2.05, 4.69) is 31.1 Å². The first kappa shape index (κ1) is 16.1. The predicted octanol–water partition coefficient (Wildman–Crippen LogP) is 0.606. The van der Waals surface area contributed by atoms with E-state index in [1.165, 1.54) is 11.1 Å². The van der Waals surface area contributed by atoms with Crippen LogP contribution in [0.4, 0.5) is 0 Å². The minimum Gasteiger partial charge on any atom is -0.351 e.